The monoisotopic (exact) mass is 519 g/mol. The number of hydrogen-bond donors (Lipinski definition) is 2. The van der Waals surface area contributed by atoms with E-state index in [-0.39, 0.29) is 17.9 Å². The van der Waals surface area contributed by atoms with E-state index in [1.54, 1.807) is 66.7 Å². The van der Waals surface area contributed by atoms with Crippen molar-refractivity contribution in [3.8, 4) is 11.8 Å². The number of carbonyl (C=O) groups is 2. The van der Waals surface area contributed by atoms with Gasteiger partial charge >= 0.3 is 0 Å². The van der Waals surface area contributed by atoms with E-state index in [2.05, 4.69) is 15.8 Å². The molecule has 0 fully saturated rings. The average Bonchev–Trinajstić information content (AvgIpc) is 2.90. The van der Waals surface area contributed by atoms with E-state index in [0.717, 1.165) is 0 Å². The molecule has 3 aromatic rings. The summed E-state index contributed by atoms with van der Waals surface area (Å²) in [5.41, 5.74) is 3.70. The van der Waals surface area contributed by atoms with E-state index in [4.69, 9.17) is 10.00 Å². The number of hydrogen-bond acceptors (Lipinski definition) is 7. The van der Waals surface area contributed by atoms with E-state index < -0.39 is 28.3 Å². The Morgan fingerprint density at radius 2 is 1.68 bits per heavy atom. The lowest BCUT2D eigenvalue weighted by Crippen LogP contribution is -2.31. The first-order valence-electron chi connectivity index (χ1n) is 11.1. The van der Waals surface area contributed by atoms with Crippen LogP contribution in [0.3, 0.4) is 0 Å². The van der Waals surface area contributed by atoms with Gasteiger partial charge in [-0.25, -0.2) is 13.8 Å². The van der Waals surface area contributed by atoms with Gasteiger partial charge in [-0.05, 0) is 42.0 Å². The number of para-hydroxylation sites is 2. The first-order chi connectivity index (χ1) is 17.8. The van der Waals surface area contributed by atoms with Crippen LogP contribution in [0.5, 0.6) is 5.75 Å². The van der Waals surface area contributed by atoms with Crippen LogP contribution in [0.2, 0.25) is 0 Å². The molecular weight excluding hydrogens is 494 g/mol. The minimum atomic E-state index is -3.86. The molecule has 0 aromatic heterocycles. The predicted molar refractivity (Wildman–Crippen MR) is 140 cm³/mol. The van der Waals surface area contributed by atoms with E-state index in [1.165, 1.54) is 29.8 Å². The summed E-state index contributed by atoms with van der Waals surface area (Å²) in [6.45, 7) is -0.00581. The lowest BCUT2D eigenvalue weighted by atomic mass is 10.2. The standard InChI is InChI=1S/C26H25N5O5S/c1-36-24-11-6-5-10-23(24)29-25(32)18-26(33)30-28-19-20-12-14-21(15-13-20)31(17-7-16-27)37(34,35)22-8-3-2-4-9-22/h2-6,8-15,19H,7,17-18H2,1H3,(H,29,32)(H,30,33)/b28-19-. The summed E-state index contributed by atoms with van der Waals surface area (Å²) in [7, 11) is -2.38. The molecular formula is C26H25N5O5S. The number of anilines is 2. The summed E-state index contributed by atoms with van der Waals surface area (Å²) < 4.78 is 32.6. The molecule has 3 rings (SSSR count). The number of nitrogens with zero attached hydrogens (tertiary/aromatic N) is 3. The van der Waals surface area contributed by atoms with Gasteiger partial charge in [0.2, 0.25) is 11.8 Å². The third-order valence-electron chi connectivity index (χ3n) is 5.04. The van der Waals surface area contributed by atoms with Crippen LogP contribution >= 0.6 is 0 Å². The number of nitrogens with one attached hydrogen (secondary N) is 2. The van der Waals surface area contributed by atoms with Gasteiger partial charge in [-0.1, -0.05) is 42.5 Å². The molecule has 0 heterocycles. The zero-order chi connectivity index (χ0) is 26.7. The highest BCUT2D eigenvalue weighted by molar-refractivity contribution is 7.92. The maximum Gasteiger partial charge on any atom is 0.264 e. The minimum absolute atomic E-state index is 0.00581. The van der Waals surface area contributed by atoms with Crippen molar-refractivity contribution in [2.45, 2.75) is 17.7 Å². The molecule has 0 unspecified atom stereocenters. The van der Waals surface area contributed by atoms with Gasteiger partial charge in [-0.2, -0.15) is 10.4 Å². The van der Waals surface area contributed by atoms with Gasteiger partial charge in [0.15, 0.2) is 0 Å². The smallest absolute Gasteiger partial charge is 0.264 e. The molecule has 0 bridgehead atoms. The molecule has 0 saturated carbocycles. The Hall–Kier alpha value is -4.69. The Balaban J connectivity index is 1.61. The first-order valence-corrected chi connectivity index (χ1v) is 12.6. The van der Waals surface area contributed by atoms with Crippen LogP contribution in [0.25, 0.3) is 0 Å². The molecule has 0 aliphatic heterocycles. The molecule has 0 saturated heterocycles. The number of benzene rings is 3. The fourth-order valence-electron chi connectivity index (χ4n) is 3.29. The van der Waals surface area contributed by atoms with Gasteiger partial charge in [0, 0.05) is 6.54 Å². The third kappa shape index (κ3) is 7.39. The Labute approximate surface area is 215 Å². The summed E-state index contributed by atoms with van der Waals surface area (Å²) in [6.07, 6.45) is 0.941. The van der Waals surface area contributed by atoms with Crippen molar-refractivity contribution in [1.29, 1.82) is 5.26 Å². The second kappa shape index (κ2) is 12.9. The average molecular weight is 520 g/mol. The van der Waals surface area contributed by atoms with Crippen LogP contribution in [-0.4, -0.2) is 40.1 Å². The zero-order valence-corrected chi connectivity index (χ0v) is 20.8. The molecule has 0 aliphatic carbocycles. The number of rotatable bonds is 11. The Morgan fingerprint density at radius 1 is 1.00 bits per heavy atom. The molecule has 10 nitrogen and oxygen atoms in total. The van der Waals surface area contributed by atoms with E-state index in [9.17, 15) is 18.0 Å². The van der Waals surface area contributed by atoms with Gasteiger partial charge in [-0.15, -0.1) is 0 Å². The number of carbonyl (C=O) groups excluding carboxylic acids is 2. The molecule has 37 heavy (non-hydrogen) atoms. The van der Waals surface area contributed by atoms with Crippen LogP contribution in [0.15, 0.2) is 88.9 Å². The lowest BCUT2D eigenvalue weighted by molar-refractivity contribution is -0.126. The van der Waals surface area contributed by atoms with Crippen molar-refractivity contribution in [2.75, 3.05) is 23.3 Å². The van der Waals surface area contributed by atoms with Crippen LogP contribution < -0.4 is 19.8 Å². The number of amides is 2. The summed E-state index contributed by atoms with van der Waals surface area (Å²) >= 11 is 0. The van der Waals surface area contributed by atoms with E-state index >= 15 is 0 Å². The van der Waals surface area contributed by atoms with Gasteiger partial charge in [-0.3, -0.25) is 13.9 Å². The van der Waals surface area contributed by atoms with Crippen molar-refractivity contribution in [3.05, 3.63) is 84.4 Å². The number of hydrazone groups is 1. The topological polar surface area (TPSA) is 141 Å². The van der Waals surface area contributed by atoms with Gasteiger partial charge in [0.25, 0.3) is 10.0 Å². The number of methoxy groups -OCH3 is 1. The highest BCUT2D eigenvalue weighted by Gasteiger charge is 2.24. The van der Waals surface area contributed by atoms with Crippen LogP contribution in [0.4, 0.5) is 11.4 Å². The Kier molecular flexibility index (Phi) is 9.35. The SMILES string of the molecule is COc1ccccc1NC(=O)CC(=O)N/N=C\c1ccc(N(CCC#N)S(=O)(=O)c2ccccc2)cc1. The summed E-state index contributed by atoms with van der Waals surface area (Å²) in [5.74, 6) is -0.670. The lowest BCUT2D eigenvalue weighted by Gasteiger charge is -2.23. The molecule has 2 N–H and O–H groups in total. The summed E-state index contributed by atoms with van der Waals surface area (Å²) in [4.78, 5) is 24.3. The van der Waals surface area contributed by atoms with Gasteiger partial charge in [0.05, 0.1) is 42.1 Å². The van der Waals surface area contributed by atoms with Crippen LogP contribution in [0, 0.1) is 11.3 Å². The van der Waals surface area contributed by atoms with Crippen molar-refractivity contribution >= 4 is 39.4 Å². The highest BCUT2D eigenvalue weighted by Crippen LogP contribution is 2.24. The van der Waals surface area contributed by atoms with Crippen molar-refractivity contribution in [2.24, 2.45) is 5.10 Å². The second-order valence-corrected chi connectivity index (χ2v) is 9.47. The van der Waals surface area contributed by atoms with E-state index in [1.807, 2.05) is 6.07 Å². The summed E-state index contributed by atoms with van der Waals surface area (Å²) in [5, 5.41) is 15.4. The molecule has 0 spiro atoms. The van der Waals surface area contributed by atoms with Crippen LogP contribution in [0.1, 0.15) is 18.4 Å². The van der Waals surface area contributed by atoms with Gasteiger partial charge in [0.1, 0.15) is 12.2 Å². The van der Waals surface area contributed by atoms with Crippen LogP contribution in [-0.2, 0) is 19.6 Å². The fourth-order valence-corrected chi connectivity index (χ4v) is 4.78. The molecule has 2 amide bonds. The Bertz CT molecular complexity index is 1400. The normalized spacial score (nSPS) is 10.9. The largest absolute Gasteiger partial charge is 0.495 e. The van der Waals surface area contributed by atoms with Crippen molar-refractivity contribution in [1.82, 2.24) is 5.43 Å². The number of ether oxygens (including phenoxy) is 1. The summed E-state index contributed by atoms with van der Waals surface area (Å²) in [6, 6.07) is 23.2. The second-order valence-electron chi connectivity index (χ2n) is 7.61. The third-order valence-corrected chi connectivity index (χ3v) is 6.89. The minimum Gasteiger partial charge on any atom is -0.495 e. The quantitative estimate of drug-likeness (QED) is 0.226. The first kappa shape index (κ1) is 26.9. The molecule has 3 aromatic carbocycles. The zero-order valence-electron chi connectivity index (χ0n) is 20.0. The highest BCUT2D eigenvalue weighted by atomic mass is 32.2. The Morgan fingerprint density at radius 3 is 2.35 bits per heavy atom. The molecule has 0 aliphatic rings. The van der Waals surface area contributed by atoms with Crippen molar-refractivity contribution in [3.63, 3.8) is 0 Å². The molecule has 11 heteroatoms. The number of sulfonamides is 1. The predicted octanol–water partition coefficient (Wildman–Crippen LogP) is 3.28. The van der Waals surface area contributed by atoms with Crippen molar-refractivity contribution < 1.29 is 22.7 Å². The number of nitriles is 1. The molecule has 0 radical (unpaired) electrons. The van der Waals surface area contributed by atoms with E-state index in [0.29, 0.717) is 22.7 Å². The molecule has 0 atom stereocenters. The van der Waals surface area contributed by atoms with Gasteiger partial charge < -0.3 is 10.1 Å². The maximum absolute atomic E-state index is 13.1. The maximum atomic E-state index is 13.1. The fraction of sp³-hybridized carbons (Fsp3) is 0.154. The molecule has 190 valence electrons.